The third-order valence-electron chi connectivity index (χ3n) is 4.01. The van der Waals surface area contributed by atoms with Gasteiger partial charge in [-0.05, 0) is 62.4 Å². The molecule has 0 aliphatic rings. The Morgan fingerprint density at radius 2 is 1.89 bits per heavy atom. The molecule has 0 aromatic heterocycles. The average Bonchev–Trinajstić information content (AvgIpc) is 2.59. The van der Waals surface area contributed by atoms with E-state index in [0.717, 1.165) is 16.9 Å². The minimum absolute atomic E-state index is 0.107. The van der Waals surface area contributed by atoms with Gasteiger partial charge in [0.25, 0.3) is 0 Å². The molecule has 2 rings (SSSR count). The van der Waals surface area contributed by atoms with E-state index >= 15 is 0 Å². The fourth-order valence-corrected chi connectivity index (χ4v) is 3.07. The van der Waals surface area contributed by atoms with E-state index in [4.69, 9.17) is 21.1 Å². The summed E-state index contributed by atoms with van der Waals surface area (Å²) in [6.45, 7) is 4.55. The number of methoxy groups -OCH3 is 1. The van der Waals surface area contributed by atoms with E-state index in [1.807, 2.05) is 26.0 Å². The summed E-state index contributed by atoms with van der Waals surface area (Å²) >= 11 is 5.97. The zero-order valence-corrected chi connectivity index (χ0v) is 17.4. The Morgan fingerprint density at radius 3 is 2.54 bits per heavy atom. The molecule has 0 fully saturated rings. The predicted octanol–water partition coefficient (Wildman–Crippen LogP) is 3.28. The van der Waals surface area contributed by atoms with E-state index in [9.17, 15) is 9.90 Å². The van der Waals surface area contributed by atoms with Crippen LogP contribution in [0.5, 0.6) is 11.5 Å². The molecule has 6 nitrogen and oxygen atoms in total. The molecule has 2 N–H and O–H groups in total. The molecular formula is C21H27ClN2O4. The van der Waals surface area contributed by atoms with Gasteiger partial charge in [-0.3, -0.25) is 9.69 Å². The quantitative estimate of drug-likeness (QED) is 0.668. The topological polar surface area (TPSA) is 71.0 Å². The number of likely N-dealkylation sites (N-methyl/N-ethyl adjacent to an activating group) is 1. The highest BCUT2D eigenvalue weighted by Crippen LogP contribution is 2.27. The number of carbonyl (C=O) groups excluding carboxylic acids is 1. The Balaban J connectivity index is 1.81. The second-order valence-electron chi connectivity index (χ2n) is 6.88. The van der Waals surface area contributed by atoms with Gasteiger partial charge in [-0.15, -0.1) is 0 Å². The van der Waals surface area contributed by atoms with Crippen molar-refractivity contribution in [3.05, 3.63) is 52.5 Å². The summed E-state index contributed by atoms with van der Waals surface area (Å²) in [7, 11) is 3.28. The van der Waals surface area contributed by atoms with Gasteiger partial charge in [0, 0.05) is 11.6 Å². The minimum atomic E-state index is -0.723. The fourth-order valence-electron chi connectivity index (χ4n) is 2.90. The number of hydrogen-bond donors (Lipinski definition) is 2. The number of hydrogen-bond acceptors (Lipinski definition) is 5. The zero-order chi connectivity index (χ0) is 20.7. The molecule has 0 aliphatic heterocycles. The van der Waals surface area contributed by atoms with E-state index < -0.39 is 6.10 Å². The molecule has 1 unspecified atom stereocenters. The number of carbonyl (C=O) groups is 1. The fraction of sp³-hybridized carbons (Fsp3) is 0.381. The molecular weight excluding hydrogens is 380 g/mol. The predicted molar refractivity (Wildman–Crippen MR) is 112 cm³/mol. The number of aryl methyl sites for hydroxylation is 2. The Bertz CT molecular complexity index is 793. The number of rotatable bonds is 9. The van der Waals surface area contributed by atoms with Crippen molar-refractivity contribution in [1.29, 1.82) is 0 Å². The lowest BCUT2D eigenvalue weighted by Gasteiger charge is -2.21. The van der Waals surface area contributed by atoms with E-state index in [0.29, 0.717) is 23.0 Å². The Labute approximate surface area is 171 Å². The maximum absolute atomic E-state index is 12.3. The third-order valence-corrected chi connectivity index (χ3v) is 4.24. The van der Waals surface area contributed by atoms with Crippen LogP contribution in [-0.4, -0.2) is 55.9 Å². The molecule has 0 bridgehead atoms. The second-order valence-corrected chi connectivity index (χ2v) is 7.31. The third kappa shape index (κ3) is 7.03. The van der Waals surface area contributed by atoms with Crippen LogP contribution in [0.25, 0.3) is 0 Å². The molecule has 0 spiro atoms. The van der Waals surface area contributed by atoms with Crippen molar-refractivity contribution >= 4 is 23.2 Å². The minimum Gasteiger partial charge on any atom is -0.495 e. The molecule has 0 radical (unpaired) electrons. The molecule has 0 saturated carbocycles. The van der Waals surface area contributed by atoms with Crippen LogP contribution in [0.1, 0.15) is 11.1 Å². The molecule has 0 heterocycles. The number of nitrogens with one attached hydrogen (secondary N) is 1. The van der Waals surface area contributed by atoms with Gasteiger partial charge >= 0.3 is 0 Å². The number of anilines is 1. The Hall–Kier alpha value is -2.28. The zero-order valence-electron chi connectivity index (χ0n) is 16.7. The lowest BCUT2D eigenvalue weighted by atomic mass is 10.1. The second kappa shape index (κ2) is 10.3. The van der Waals surface area contributed by atoms with Crippen LogP contribution in [0.2, 0.25) is 5.02 Å². The van der Waals surface area contributed by atoms with Gasteiger partial charge in [0.05, 0.1) is 19.3 Å². The van der Waals surface area contributed by atoms with Crippen LogP contribution < -0.4 is 14.8 Å². The van der Waals surface area contributed by atoms with Crippen LogP contribution >= 0.6 is 11.6 Å². The molecule has 2 aromatic carbocycles. The highest BCUT2D eigenvalue weighted by Gasteiger charge is 2.14. The summed E-state index contributed by atoms with van der Waals surface area (Å²) in [4.78, 5) is 14.0. The van der Waals surface area contributed by atoms with Gasteiger partial charge < -0.3 is 19.9 Å². The van der Waals surface area contributed by atoms with Crippen molar-refractivity contribution in [2.75, 3.05) is 39.2 Å². The van der Waals surface area contributed by atoms with Gasteiger partial charge in [0.15, 0.2) is 0 Å². The number of benzene rings is 2. The largest absolute Gasteiger partial charge is 0.495 e. The monoisotopic (exact) mass is 406 g/mol. The van der Waals surface area contributed by atoms with Gasteiger partial charge in [-0.1, -0.05) is 17.7 Å². The number of nitrogens with zero attached hydrogens (tertiary/aromatic N) is 1. The lowest BCUT2D eigenvalue weighted by Crippen LogP contribution is -2.37. The van der Waals surface area contributed by atoms with Crippen molar-refractivity contribution in [1.82, 2.24) is 4.90 Å². The number of halogens is 1. The van der Waals surface area contributed by atoms with Crippen LogP contribution in [0.3, 0.4) is 0 Å². The summed E-state index contributed by atoms with van der Waals surface area (Å²) in [5.74, 6) is 1.03. The molecule has 1 atom stereocenters. The first kappa shape index (κ1) is 22.0. The highest BCUT2D eigenvalue weighted by atomic mass is 35.5. The molecule has 7 heteroatoms. The van der Waals surface area contributed by atoms with Crippen molar-refractivity contribution in [2.45, 2.75) is 20.0 Å². The van der Waals surface area contributed by atoms with Gasteiger partial charge in [-0.25, -0.2) is 0 Å². The number of aliphatic hydroxyl groups is 1. The summed E-state index contributed by atoms with van der Waals surface area (Å²) in [5, 5.41) is 13.5. The standard InChI is InChI=1S/C21H27ClN2O4/c1-14-7-15(2)9-18(8-14)28-13-17(25)11-24(3)12-21(26)23-19-10-16(22)5-6-20(19)27-4/h5-10,17,25H,11-13H2,1-4H3,(H,23,26). The normalized spacial score (nSPS) is 12.0. The molecule has 2 aromatic rings. The molecule has 0 saturated heterocycles. The molecule has 0 aliphatic carbocycles. The Kier molecular flexibility index (Phi) is 8.11. The van der Waals surface area contributed by atoms with Gasteiger partial charge in [-0.2, -0.15) is 0 Å². The van der Waals surface area contributed by atoms with E-state index in [-0.39, 0.29) is 19.1 Å². The van der Waals surface area contributed by atoms with Crippen molar-refractivity contribution in [3.8, 4) is 11.5 Å². The van der Waals surface area contributed by atoms with Gasteiger partial charge in [0.2, 0.25) is 5.91 Å². The van der Waals surface area contributed by atoms with Crippen LogP contribution in [-0.2, 0) is 4.79 Å². The van der Waals surface area contributed by atoms with Gasteiger partial charge in [0.1, 0.15) is 24.2 Å². The van der Waals surface area contributed by atoms with Crippen molar-refractivity contribution in [3.63, 3.8) is 0 Å². The summed E-state index contributed by atoms with van der Waals surface area (Å²) < 4.78 is 10.9. The first-order chi connectivity index (χ1) is 13.3. The van der Waals surface area contributed by atoms with Crippen LogP contribution in [0.4, 0.5) is 5.69 Å². The molecule has 1 amide bonds. The summed E-state index contributed by atoms with van der Waals surface area (Å²) in [6.07, 6.45) is -0.723. The first-order valence-electron chi connectivity index (χ1n) is 8.98. The Morgan fingerprint density at radius 1 is 1.21 bits per heavy atom. The van der Waals surface area contributed by atoms with Crippen molar-refractivity contribution < 1.29 is 19.4 Å². The SMILES string of the molecule is COc1ccc(Cl)cc1NC(=O)CN(C)CC(O)COc1cc(C)cc(C)c1. The van der Waals surface area contributed by atoms with E-state index in [1.54, 1.807) is 30.1 Å². The van der Waals surface area contributed by atoms with Crippen molar-refractivity contribution in [2.24, 2.45) is 0 Å². The average molecular weight is 407 g/mol. The number of ether oxygens (including phenoxy) is 2. The highest BCUT2D eigenvalue weighted by molar-refractivity contribution is 6.31. The van der Waals surface area contributed by atoms with Crippen LogP contribution in [0.15, 0.2) is 36.4 Å². The number of aliphatic hydroxyl groups excluding tert-OH is 1. The summed E-state index contributed by atoms with van der Waals surface area (Å²) in [6, 6.07) is 10.9. The van der Waals surface area contributed by atoms with E-state index in [1.165, 1.54) is 7.11 Å². The summed E-state index contributed by atoms with van der Waals surface area (Å²) in [5.41, 5.74) is 2.72. The molecule has 152 valence electrons. The lowest BCUT2D eigenvalue weighted by molar-refractivity contribution is -0.117. The van der Waals surface area contributed by atoms with Crippen LogP contribution in [0, 0.1) is 13.8 Å². The van der Waals surface area contributed by atoms with E-state index in [2.05, 4.69) is 11.4 Å². The smallest absolute Gasteiger partial charge is 0.238 e. The maximum Gasteiger partial charge on any atom is 0.238 e. The molecule has 28 heavy (non-hydrogen) atoms. The maximum atomic E-state index is 12.3. The number of amides is 1. The first-order valence-corrected chi connectivity index (χ1v) is 9.35.